The first-order valence-corrected chi connectivity index (χ1v) is 13.2. The molecule has 12 nitrogen and oxygen atoms in total. The monoisotopic (exact) mass is 572 g/mol. The number of phenols is 1. The van der Waals surface area contributed by atoms with Gasteiger partial charge in [-0.3, -0.25) is 9.59 Å². The van der Waals surface area contributed by atoms with E-state index in [2.05, 4.69) is 6.58 Å². The van der Waals surface area contributed by atoms with Gasteiger partial charge in [-0.1, -0.05) is 24.3 Å². The molecule has 220 valence electrons. The zero-order valence-corrected chi connectivity index (χ0v) is 22.2. The number of hydrogen-bond donors (Lipinski definition) is 5. The van der Waals surface area contributed by atoms with Crippen LogP contribution in [0.25, 0.3) is 0 Å². The largest absolute Gasteiger partial charge is 0.508 e. The second-order valence-electron chi connectivity index (χ2n) is 10.8. The van der Waals surface area contributed by atoms with Crippen LogP contribution in [-0.4, -0.2) is 99.4 Å². The molecule has 0 unspecified atom stereocenters. The molecule has 2 aliphatic heterocycles. The average Bonchev–Trinajstić information content (AvgIpc) is 3.38. The molecule has 2 heterocycles. The maximum Gasteiger partial charge on any atom is 0.334 e. The summed E-state index contributed by atoms with van der Waals surface area (Å²) in [6, 6.07) is 6.10. The van der Waals surface area contributed by atoms with Gasteiger partial charge in [0.1, 0.15) is 42.4 Å². The summed E-state index contributed by atoms with van der Waals surface area (Å²) in [5.41, 5.74) is 2.16. The van der Waals surface area contributed by atoms with E-state index in [9.17, 15) is 39.9 Å². The van der Waals surface area contributed by atoms with Gasteiger partial charge in [-0.25, -0.2) is 4.79 Å². The number of aromatic hydroxyl groups is 1. The van der Waals surface area contributed by atoms with Crippen molar-refractivity contribution in [3.63, 3.8) is 0 Å². The predicted molar refractivity (Wildman–Crippen MR) is 138 cm³/mol. The highest BCUT2D eigenvalue weighted by atomic mass is 16.7. The van der Waals surface area contributed by atoms with E-state index in [0.717, 1.165) is 0 Å². The maximum atomic E-state index is 13.2. The second-order valence-corrected chi connectivity index (χ2v) is 10.8. The number of hydrogen-bond acceptors (Lipinski definition) is 12. The molecular formula is C29H32O12. The van der Waals surface area contributed by atoms with E-state index >= 15 is 0 Å². The minimum absolute atomic E-state index is 0.0597. The Bertz CT molecular complexity index is 1300. The van der Waals surface area contributed by atoms with Crippen LogP contribution in [0.4, 0.5) is 0 Å². The molecule has 0 bridgehead atoms. The number of ketones is 1. The molecule has 0 spiro atoms. The van der Waals surface area contributed by atoms with Crippen molar-refractivity contribution in [1.82, 2.24) is 0 Å². The van der Waals surface area contributed by atoms with Crippen molar-refractivity contribution in [3.8, 4) is 5.75 Å². The third-order valence-electron chi connectivity index (χ3n) is 8.08. The fourth-order valence-electron chi connectivity index (χ4n) is 6.00. The number of esters is 2. The van der Waals surface area contributed by atoms with Gasteiger partial charge in [0.2, 0.25) is 0 Å². The molecule has 5 rings (SSSR count). The van der Waals surface area contributed by atoms with Crippen LogP contribution in [0, 0.1) is 11.8 Å². The van der Waals surface area contributed by atoms with Gasteiger partial charge in [0.25, 0.3) is 0 Å². The van der Waals surface area contributed by atoms with Crippen LogP contribution < -0.4 is 0 Å². The van der Waals surface area contributed by atoms with E-state index in [-0.39, 0.29) is 36.6 Å². The first kappa shape index (κ1) is 29.1. The number of aliphatic hydroxyl groups is 4. The van der Waals surface area contributed by atoms with Gasteiger partial charge >= 0.3 is 11.9 Å². The number of allylic oxidation sites excluding steroid dienone is 1. The topological polar surface area (TPSA) is 189 Å². The van der Waals surface area contributed by atoms with E-state index < -0.39 is 73.3 Å². The highest BCUT2D eigenvalue weighted by Gasteiger charge is 2.55. The molecule has 0 radical (unpaired) electrons. The number of carbonyl (C=O) groups excluding carboxylic acids is 3. The zero-order valence-electron chi connectivity index (χ0n) is 22.2. The Kier molecular flexibility index (Phi) is 8.15. The van der Waals surface area contributed by atoms with Crippen LogP contribution in [0.3, 0.4) is 0 Å². The molecule has 5 N–H and O–H groups in total. The number of phenolic OH excluding ortho intramolecular Hbond substituents is 1. The molecule has 0 saturated carbocycles. The van der Waals surface area contributed by atoms with Crippen LogP contribution in [0.2, 0.25) is 0 Å². The summed E-state index contributed by atoms with van der Waals surface area (Å²) in [7, 11) is 0. The minimum Gasteiger partial charge on any atom is -0.508 e. The lowest BCUT2D eigenvalue weighted by Gasteiger charge is -2.39. The smallest absolute Gasteiger partial charge is 0.334 e. The highest BCUT2D eigenvalue weighted by molar-refractivity contribution is 6.09. The van der Waals surface area contributed by atoms with Crippen LogP contribution in [-0.2, 0) is 39.8 Å². The standard InChI is InChI=1S/C29H32O12/c1-12-7-18(39-20(33)8-14-3-5-16(31)6-4-14)22-13(2)28(37)41-27(22)23-15(9-17(32)21(12)23)11-38-29-26(36)25(35)24(34)19(10-30)40-29/h3-6,9,18-19,22-27,29-31,34-36H,2,7-8,10-11H2,1H3/t18-,19+,22-,23-,24-,25+,26+,27-,29-/m1/s1. The minimum atomic E-state index is -1.64. The lowest BCUT2D eigenvalue weighted by Crippen LogP contribution is -2.59. The van der Waals surface area contributed by atoms with E-state index in [4.69, 9.17) is 18.9 Å². The molecule has 9 atom stereocenters. The maximum absolute atomic E-state index is 13.2. The van der Waals surface area contributed by atoms with E-state index in [1.54, 1.807) is 19.1 Å². The number of ether oxygens (including phenoxy) is 4. The highest BCUT2D eigenvalue weighted by Crippen LogP contribution is 2.48. The first-order valence-electron chi connectivity index (χ1n) is 13.2. The summed E-state index contributed by atoms with van der Waals surface area (Å²) in [5.74, 6) is -3.02. The lowest BCUT2D eigenvalue weighted by molar-refractivity contribution is -0.299. The number of carbonyl (C=O) groups is 3. The van der Waals surface area contributed by atoms with Crippen molar-refractivity contribution in [2.75, 3.05) is 13.2 Å². The molecule has 12 heteroatoms. The van der Waals surface area contributed by atoms with Crippen molar-refractivity contribution >= 4 is 17.7 Å². The van der Waals surface area contributed by atoms with E-state index in [0.29, 0.717) is 22.3 Å². The fourth-order valence-corrected chi connectivity index (χ4v) is 6.00. The van der Waals surface area contributed by atoms with Gasteiger partial charge in [-0.05, 0) is 36.3 Å². The number of rotatable bonds is 7. The summed E-state index contributed by atoms with van der Waals surface area (Å²) in [4.78, 5) is 38.8. The molecule has 0 amide bonds. The summed E-state index contributed by atoms with van der Waals surface area (Å²) >= 11 is 0. The van der Waals surface area contributed by atoms with Crippen molar-refractivity contribution in [3.05, 3.63) is 64.8 Å². The number of benzene rings is 1. The molecular weight excluding hydrogens is 540 g/mol. The molecule has 2 fully saturated rings. The normalized spacial score (nSPS) is 35.0. The Morgan fingerprint density at radius 2 is 1.80 bits per heavy atom. The lowest BCUT2D eigenvalue weighted by atomic mass is 9.82. The van der Waals surface area contributed by atoms with Crippen LogP contribution in [0.1, 0.15) is 18.9 Å². The third-order valence-corrected chi connectivity index (χ3v) is 8.08. The van der Waals surface area contributed by atoms with E-state index in [1.165, 1.54) is 18.2 Å². The quantitative estimate of drug-likeness (QED) is 0.210. The fraction of sp³-hybridized carbons (Fsp3) is 0.483. The number of aliphatic hydroxyl groups excluding tert-OH is 4. The SMILES string of the molecule is C=C1C(=O)O[C@H]2[C@@H]3C(CO[C@@H]4O[C@@H](CO)[C@@H](O)[C@H](O)[C@@H]4O)=CC(=O)C3=C(C)C[C@@H](OC(=O)Cc3ccc(O)cc3)[C@@H]12. The van der Waals surface area contributed by atoms with Crippen LogP contribution in [0.15, 0.2) is 59.2 Å². The van der Waals surface area contributed by atoms with Crippen molar-refractivity contribution in [1.29, 1.82) is 0 Å². The van der Waals surface area contributed by atoms with Crippen molar-refractivity contribution < 1.29 is 58.9 Å². The third kappa shape index (κ3) is 5.46. The van der Waals surface area contributed by atoms with Gasteiger partial charge < -0.3 is 44.5 Å². The van der Waals surface area contributed by atoms with Crippen molar-refractivity contribution in [2.45, 2.75) is 62.7 Å². The molecule has 41 heavy (non-hydrogen) atoms. The summed E-state index contributed by atoms with van der Waals surface area (Å²) in [5, 5.41) is 49.4. The van der Waals surface area contributed by atoms with Gasteiger partial charge in [0.05, 0.1) is 25.6 Å². The Morgan fingerprint density at radius 3 is 2.49 bits per heavy atom. The molecule has 1 aromatic rings. The molecule has 2 saturated heterocycles. The Morgan fingerprint density at radius 1 is 1.10 bits per heavy atom. The molecule has 1 aromatic carbocycles. The Labute approximate surface area is 235 Å². The average molecular weight is 573 g/mol. The Balaban J connectivity index is 1.36. The molecule has 0 aromatic heterocycles. The first-order chi connectivity index (χ1) is 19.5. The Hall–Kier alpha value is -3.39. The van der Waals surface area contributed by atoms with Gasteiger partial charge in [0.15, 0.2) is 12.1 Å². The van der Waals surface area contributed by atoms with Gasteiger partial charge in [0, 0.05) is 23.5 Å². The van der Waals surface area contributed by atoms with Gasteiger partial charge in [-0.15, -0.1) is 0 Å². The van der Waals surface area contributed by atoms with Gasteiger partial charge in [-0.2, -0.15) is 0 Å². The van der Waals surface area contributed by atoms with Crippen LogP contribution in [0.5, 0.6) is 5.75 Å². The van der Waals surface area contributed by atoms with Crippen molar-refractivity contribution in [2.24, 2.45) is 11.8 Å². The zero-order chi connectivity index (χ0) is 29.6. The summed E-state index contributed by atoms with van der Waals surface area (Å²) in [6.45, 7) is 4.72. The molecule has 2 aliphatic carbocycles. The summed E-state index contributed by atoms with van der Waals surface area (Å²) in [6.07, 6.45) is -7.76. The van der Waals surface area contributed by atoms with E-state index in [1.807, 2.05) is 0 Å². The predicted octanol–water partition coefficient (Wildman–Crippen LogP) is -0.394. The van der Waals surface area contributed by atoms with Crippen LogP contribution >= 0.6 is 0 Å². The molecule has 4 aliphatic rings. The summed E-state index contributed by atoms with van der Waals surface area (Å²) < 4.78 is 22.7. The second kappa shape index (κ2) is 11.5. The number of fused-ring (bicyclic) bond motifs is 3.